The van der Waals surface area contributed by atoms with Crippen molar-refractivity contribution < 1.29 is 14.6 Å². The number of piperidine rings is 2. The largest absolute Gasteiger partial charge is 0.504 e. The van der Waals surface area contributed by atoms with Crippen LogP contribution in [0.5, 0.6) is 5.75 Å². The minimum atomic E-state index is -1.01. The molecule has 0 amide bonds. The highest BCUT2D eigenvalue weighted by Gasteiger charge is 2.53. The van der Waals surface area contributed by atoms with E-state index in [1.165, 1.54) is 5.57 Å². The monoisotopic (exact) mass is 370 g/mol. The van der Waals surface area contributed by atoms with Crippen molar-refractivity contribution in [3.63, 3.8) is 0 Å². The van der Waals surface area contributed by atoms with Crippen LogP contribution in [0.1, 0.15) is 38.7 Å². The molecule has 27 heavy (non-hydrogen) atoms. The second kappa shape index (κ2) is 6.95. The zero-order valence-electron chi connectivity index (χ0n) is 16.7. The summed E-state index contributed by atoms with van der Waals surface area (Å²) in [4.78, 5) is 7.45. The second-order valence-electron chi connectivity index (χ2n) is 8.08. The molecule has 0 bridgehead atoms. The molecular formula is C22H30N2O3. The lowest BCUT2D eigenvalue weighted by atomic mass is 9.70. The normalized spacial score (nSPS) is 33.0. The van der Waals surface area contributed by atoms with E-state index in [2.05, 4.69) is 18.7 Å². The fourth-order valence-electron chi connectivity index (χ4n) is 5.37. The molecule has 0 saturated carbocycles. The Hall–Kier alpha value is -1.85. The summed E-state index contributed by atoms with van der Waals surface area (Å²) in [5.41, 5.74) is 2.88. The predicted molar refractivity (Wildman–Crippen MR) is 107 cm³/mol. The first-order chi connectivity index (χ1) is 13.0. The summed E-state index contributed by atoms with van der Waals surface area (Å²) in [7, 11) is 3.37. The van der Waals surface area contributed by atoms with E-state index in [4.69, 9.17) is 14.5 Å². The molecule has 4 rings (SSSR count). The third-order valence-electron chi connectivity index (χ3n) is 6.75. The summed E-state index contributed by atoms with van der Waals surface area (Å²) in [6.07, 6.45) is 4.67. The minimum Gasteiger partial charge on any atom is -0.504 e. The van der Waals surface area contributed by atoms with Gasteiger partial charge in [-0.05, 0) is 49.3 Å². The van der Waals surface area contributed by atoms with Gasteiger partial charge in [-0.2, -0.15) is 0 Å². The van der Waals surface area contributed by atoms with Crippen LogP contribution in [0.2, 0.25) is 0 Å². The smallest absolute Gasteiger partial charge is 0.136 e. The van der Waals surface area contributed by atoms with E-state index in [0.29, 0.717) is 18.3 Å². The lowest BCUT2D eigenvalue weighted by Gasteiger charge is -2.50. The van der Waals surface area contributed by atoms with E-state index in [1.54, 1.807) is 14.2 Å². The molecule has 5 nitrogen and oxygen atoms in total. The Morgan fingerprint density at radius 1 is 1.41 bits per heavy atom. The van der Waals surface area contributed by atoms with Crippen molar-refractivity contribution in [1.29, 1.82) is 0 Å². The van der Waals surface area contributed by atoms with Gasteiger partial charge in [-0.3, -0.25) is 9.89 Å². The molecule has 1 N–H and O–H groups in total. The van der Waals surface area contributed by atoms with Gasteiger partial charge in [0.05, 0.1) is 43.5 Å². The standard InChI is InChI=1S/C22H30N2O3/c1-5-15-12-24-10-9-22(25)20-17(7-6-8-19(20)27-4)23-21(22)18(24)11-16(15)14(2)13-26-3/h6-8,13,15-16,18,25H,5,9-12H2,1-4H3/b14-13-/t15-,16+,18-,22-/m0/s1. The molecule has 2 saturated heterocycles. The average Bonchev–Trinajstić information content (AvgIpc) is 3.00. The zero-order chi connectivity index (χ0) is 19.2. The van der Waals surface area contributed by atoms with Crippen molar-refractivity contribution in [1.82, 2.24) is 4.90 Å². The van der Waals surface area contributed by atoms with Crippen molar-refractivity contribution in [2.24, 2.45) is 16.8 Å². The van der Waals surface area contributed by atoms with Crippen molar-refractivity contribution in [3.8, 4) is 5.75 Å². The number of hydrogen-bond acceptors (Lipinski definition) is 5. The highest BCUT2D eigenvalue weighted by atomic mass is 16.5. The maximum atomic E-state index is 11.7. The van der Waals surface area contributed by atoms with Crippen molar-refractivity contribution in [2.45, 2.75) is 44.8 Å². The Kier molecular flexibility index (Phi) is 4.77. The number of ether oxygens (including phenoxy) is 2. The first-order valence-electron chi connectivity index (χ1n) is 9.95. The Bertz CT molecular complexity index is 788. The van der Waals surface area contributed by atoms with Gasteiger partial charge in [0, 0.05) is 13.1 Å². The van der Waals surface area contributed by atoms with Gasteiger partial charge in [0.15, 0.2) is 0 Å². The first kappa shape index (κ1) is 18.5. The topological polar surface area (TPSA) is 54.3 Å². The van der Waals surface area contributed by atoms with Gasteiger partial charge in [0.25, 0.3) is 0 Å². The molecular weight excluding hydrogens is 340 g/mol. The Morgan fingerprint density at radius 2 is 2.22 bits per heavy atom. The molecule has 3 aliphatic rings. The number of benzene rings is 1. The lowest BCUT2D eigenvalue weighted by molar-refractivity contribution is 0.0176. The molecule has 1 aromatic rings. The van der Waals surface area contributed by atoms with Gasteiger partial charge in [-0.15, -0.1) is 0 Å². The summed E-state index contributed by atoms with van der Waals surface area (Å²) in [5, 5.41) is 11.7. The molecule has 4 atom stereocenters. The number of aliphatic hydroxyl groups is 1. The number of aliphatic imine (C=N–C) groups is 1. The number of fused-ring (bicyclic) bond motifs is 5. The van der Waals surface area contributed by atoms with E-state index >= 15 is 0 Å². The van der Waals surface area contributed by atoms with Gasteiger partial charge in [-0.1, -0.05) is 19.4 Å². The third-order valence-corrected chi connectivity index (χ3v) is 6.75. The number of hydrogen-bond donors (Lipinski definition) is 1. The van der Waals surface area contributed by atoms with Crippen LogP contribution in [0.25, 0.3) is 0 Å². The molecule has 3 aliphatic heterocycles. The number of nitrogens with zero attached hydrogens (tertiary/aromatic N) is 2. The van der Waals surface area contributed by atoms with Gasteiger partial charge < -0.3 is 14.6 Å². The molecule has 5 heteroatoms. The minimum absolute atomic E-state index is 0.161. The molecule has 0 aliphatic carbocycles. The third kappa shape index (κ3) is 2.79. The summed E-state index contributed by atoms with van der Waals surface area (Å²) in [6, 6.07) is 6.01. The fourth-order valence-corrected chi connectivity index (χ4v) is 5.37. The SMILES string of the molecule is CC[C@H]1CN2CC[C@@]3(O)C(=Nc4cccc(OC)c43)[C@@H]2C[C@@H]1/C(C)=C\OC. The maximum absolute atomic E-state index is 11.7. The number of rotatable bonds is 4. The molecule has 0 spiro atoms. The van der Waals surface area contributed by atoms with Crippen LogP contribution in [-0.2, 0) is 10.3 Å². The van der Waals surface area contributed by atoms with Crippen LogP contribution in [0.4, 0.5) is 5.69 Å². The highest BCUT2D eigenvalue weighted by molar-refractivity contribution is 6.05. The lowest BCUT2D eigenvalue weighted by Crippen LogP contribution is -2.60. The van der Waals surface area contributed by atoms with E-state index in [1.807, 2.05) is 24.5 Å². The zero-order valence-corrected chi connectivity index (χ0v) is 16.7. The quantitative estimate of drug-likeness (QED) is 0.822. The molecule has 3 heterocycles. The Labute approximate surface area is 161 Å². The average molecular weight is 370 g/mol. The Morgan fingerprint density at radius 3 is 2.93 bits per heavy atom. The van der Waals surface area contributed by atoms with Gasteiger partial charge >= 0.3 is 0 Å². The van der Waals surface area contributed by atoms with Crippen LogP contribution in [0.15, 0.2) is 35.0 Å². The van der Waals surface area contributed by atoms with Gasteiger partial charge in [0.1, 0.15) is 11.4 Å². The van der Waals surface area contributed by atoms with E-state index in [9.17, 15) is 5.11 Å². The van der Waals surface area contributed by atoms with Crippen molar-refractivity contribution in [2.75, 3.05) is 27.3 Å². The molecule has 0 aromatic heterocycles. The van der Waals surface area contributed by atoms with Crippen molar-refractivity contribution in [3.05, 3.63) is 35.6 Å². The molecule has 1 aromatic carbocycles. The number of methoxy groups -OCH3 is 2. The van der Waals surface area contributed by atoms with E-state index in [0.717, 1.165) is 48.6 Å². The fraction of sp³-hybridized carbons (Fsp3) is 0.591. The highest BCUT2D eigenvalue weighted by Crippen LogP contribution is 2.51. The van der Waals surface area contributed by atoms with E-state index in [-0.39, 0.29) is 6.04 Å². The molecule has 2 fully saturated rings. The second-order valence-corrected chi connectivity index (χ2v) is 8.08. The summed E-state index contributed by atoms with van der Waals surface area (Å²) in [5.74, 6) is 1.79. The van der Waals surface area contributed by atoms with Crippen LogP contribution in [0, 0.1) is 11.8 Å². The van der Waals surface area contributed by atoms with Crippen LogP contribution < -0.4 is 4.74 Å². The predicted octanol–water partition coefficient (Wildman–Crippen LogP) is 3.64. The molecule has 0 radical (unpaired) electrons. The van der Waals surface area contributed by atoms with Crippen molar-refractivity contribution >= 4 is 11.4 Å². The Balaban J connectivity index is 1.71. The van der Waals surface area contributed by atoms with Gasteiger partial charge in [-0.25, -0.2) is 0 Å². The summed E-state index contributed by atoms with van der Waals surface area (Å²) < 4.78 is 10.9. The van der Waals surface area contributed by atoms with Gasteiger partial charge in [0.2, 0.25) is 0 Å². The van der Waals surface area contributed by atoms with Crippen LogP contribution >= 0.6 is 0 Å². The maximum Gasteiger partial charge on any atom is 0.136 e. The summed E-state index contributed by atoms with van der Waals surface area (Å²) >= 11 is 0. The molecule has 0 unspecified atom stereocenters. The van der Waals surface area contributed by atoms with Crippen LogP contribution in [-0.4, -0.2) is 49.1 Å². The number of allylic oxidation sites excluding steroid dienone is 1. The molecule has 146 valence electrons. The first-order valence-corrected chi connectivity index (χ1v) is 9.95. The van der Waals surface area contributed by atoms with E-state index < -0.39 is 5.60 Å². The summed E-state index contributed by atoms with van der Waals surface area (Å²) in [6.45, 7) is 6.36. The van der Waals surface area contributed by atoms with Crippen LogP contribution in [0.3, 0.4) is 0 Å².